The number of aryl methyl sites for hydroxylation is 2. The number of aromatic amines is 1. The second-order valence-electron chi connectivity index (χ2n) is 5.63. The number of nitrogens with one attached hydrogen (secondary N) is 1. The molecule has 1 aromatic carbocycles. The molecule has 2 unspecified atom stereocenters. The van der Waals surface area contributed by atoms with Gasteiger partial charge in [-0.1, -0.05) is 24.2 Å². The van der Waals surface area contributed by atoms with Crippen LogP contribution in [0, 0.1) is 0 Å². The number of hydrogen-bond acceptors (Lipinski definition) is 2. The molecule has 136 valence electrons. The highest BCUT2D eigenvalue weighted by molar-refractivity contribution is 7.85. The zero-order chi connectivity index (χ0) is 18.6. The second-order valence-corrected chi connectivity index (χ2v) is 7.46. The molecule has 2 aromatic rings. The van der Waals surface area contributed by atoms with Crippen LogP contribution in [0.25, 0.3) is 0 Å². The largest absolute Gasteiger partial charge is 0.343 e. The van der Waals surface area contributed by atoms with Crippen molar-refractivity contribution in [2.75, 3.05) is 5.75 Å². The molecule has 0 aliphatic heterocycles. The van der Waals surface area contributed by atoms with Gasteiger partial charge in [-0.05, 0) is 43.5 Å². The van der Waals surface area contributed by atoms with E-state index in [4.69, 9.17) is 11.6 Å². The Balaban J connectivity index is 2.09. The van der Waals surface area contributed by atoms with Crippen molar-refractivity contribution < 1.29 is 17.4 Å². The highest BCUT2D eigenvalue weighted by atomic mass is 35.5. The lowest BCUT2D eigenvalue weighted by molar-refractivity contribution is 0.0824. The molecule has 2 rings (SSSR count). The maximum Gasteiger partial charge on any atom is 0.277 e. The van der Waals surface area contributed by atoms with Gasteiger partial charge in [-0.15, -0.1) is 0 Å². The molecule has 1 N–H and O–H groups in total. The average molecular weight is 391 g/mol. The number of H-pyrrole nitrogens is 1. The number of rotatable bonds is 8. The van der Waals surface area contributed by atoms with Crippen LogP contribution in [0.5, 0.6) is 0 Å². The van der Waals surface area contributed by atoms with E-state index in [0.717, 1.165) is 11.3 Å². The van der Waals surface area contributed by atoms with Crippen molar-refractivity contribution in [1.29, 1.82) is 0 Å². The Morgan fingerprint density at radius 1 is 1.44 bits per heavy atom. The Bertz CT molecular complexity index is 777. The van der Waals surface area contributed by atoms with Gasteiger partial charge in [0.25, 0.3) is 5.92 Å². The van der Waals surface area contributed by atoms with E-state index in [0.29, 0.717) is 18.9 Å². The van der Waals surface area contributed by atoms with E-state index < -0.39 is 28.6 Å². The lowest BCUT2D eigenvalue weighted by Crippen LogP contribution is -2.21. The summed E-state index contributed by atoms with van der Waals surface area (Å²) in [5, 5.41) is 0.178. The summed E-state index contributed by atoms with van der Waals surface area (Å²) in [7, 11) is -1.95. The van der Waals surface area contributed by atoms with Crippen LogP contribution in [0.3, 0.4) is 0 Å². The molecule has 2 atom stereocenters. The molecule has 8 heteroatoms. The minimum atomic E-state index is -3.22. The first-order valence-corrected chi connectivity index (χ1v) is 9.27. The third kappa shape index (κ3) is 5.44. The van der Waals surface area contributed by atoms with Gasteiger partial charge in [0.1, 0.15) is 5.82 Å². The number of alkyl halides is 3. The summed E-state index contributed by atoms with van der Waals surface area (Å²) < 4.78 is 52.1. The summed E-state index contributed by atoms with van der Waals surface area (Å²) in [4.78, 5) is 7.00. The fraction of sp³-hybridized carbons (Fsp3) is 0.353. The lowest BCUT2D eigenvalue weighted by atomic mass is 10.1. The number of nitrogens with zero attached hydrogens (tertiary/aromatic N) is 1. The zero-order valence-corrected chi connectivity index (χ0v) is 15.1. The molecular formula is C17H18ClF3N2OS. The molecule has 0 saturated heterocycles. The Kier molecular flexibility index (Phi) is 6.46. The minimum absolute atomic E-state index is 0.170. The topological polar surface area (TPSA) is 45.8 Å². The Morgan fingerprint density at radius 3 is 2.76 bits per heavy atom. The molecule has 0 fully saturated rings. The highest BCUT2D eigenvalue weighted by Gasteiger charge is 2.28. The van der Waals surface area contributed by atoms with Gasteiger partial charge < -0.3 is 4.98 Å². The normalized spacial score (nSPS) is 14.3. The summed E-state index contributed by atoms with van der Waals surface area (Å²) in [5.41, 5.74) is 1.55. The number of imidazole rings is 1. The van der Waals surface area contributed by atoms with E-state index in [-0.39, 0.29) is 15.7 Å². The first-order chi connectivity index (χ1) is 11.7. The maximum atomic E-state index is 13.4. The van der Waals surface area contributed by atoms with Crippen molar-refractivity contribution in [2.45, 2.75) is 36.8 Å². The van der Waals surface area contributed by atoms with Gasteiger partial charge in [0, 0.05) is 11.9 Å². The lowest BCUT2D eigenvalue weighted by Gasteiger charge is -2.12. The third-order valence-electron chi connectivity index (χ3n) is 3.57. The van der Waals surface area contributed by atoms with E-state index >= 15 is 0 Å². The second kappa shape index (κ2) is 8.19. The molecule has 0 aliphatic rings. The Morgan fingerprint density at radius 2 is 2.16 bits per heavy atom. The average Bonchev–Trinajstić information content (AvgIpc) is 3.03. The van der Waals surface area contributed by atoms with Crippen LogP contribution in [0.2, 0.25) is 5.02 Å². The van der Waals surface area contributed by atoms with Gasteiger partial charge in [-0.2, -0.15) is 0 Å². The van der Waals surface area contributed by atoms with Gasteiger partial charge in [0.15, 0.2) is 6.17 Å². The van der Waals surface area contributed by atoms with Crippen LogP contribution in [0.15, 0.2) is 41.9 Å². The first kappa shape index (κ1) is 19.7. The van der Waals surface area contributed by atoms with E-state index in [1.807, 2.05) is 0 Å². The van der Waals surface area contributed by atoms with Crippen molar-refractivity contribution in [1.82, 2.24) is 9.97 Å². The van der Waals surface area contributed by atoms with E-state index in [1.165, 1.54) is 13.0 Å². The molecule has 0 spiro atoms. The molecule has 0 saturated carbocycles. The van der Waals surface area contributed by atoms with Crippen molar-refractivity contribution in [3.63, 3.8) is 0 Å². The number of hydrogen-bond donors (Lipinski definition) is 1. The number of halogens is 4. The van der Waals surface area contributed by atoms with Gasteiger partial charge in [-0.3, -0.25) is 4.21 Å². The van der Waals surface area contributed by atoms with Crippen molar-refractivity contribution in [3.8, 4) is 0 Å². The fourth-order valence-electron chi connectivity index (χ4n) is 2.17. The molecule has 0 radical (unpaired) electrons. The predicted octanol–water partition coefficient (Wildman–Crippen LogP) is 4.81. The molecule has 0 amide bonds. The number of benzene rings is 1. The number of allylic oxidation sites excluding steroid dienone is 1. The van der Waals surface area contributed by atoms with Crippen LogP contribution in [-0.2, 0) is 23.6 Å². The summed E-state index contributed by atoms with van der Waals surface area (Å²) in [5.74, 6) is -3.82. The summed E-state index contributed by atoms with van der Waals surface area (Å²) in [6, 6.07) is 4.84. The SMILES string of the molecule is C=CC(F)(F)CS(=O)c1cc(CCc2cnc(C(C)F)[nH]2)ccc1Cl. The molecule has 0 bridgehead atoms. The van der Waals surface area contributed by atoms with Gasteiger partial charge in [0.2, 0.25) is 0 Å². The zero-order valence-electron chi connectivity index (χ0n) is 13.6. The first-order valence-electron chi connectivity index (χ1n) is 7.58. The molecule has 1 aromatic heterocycles. The molecule has 3 nitrogen and oxygen atoms in total. The Labute approximate surface area is 151 Å². The van der Waals surface area contributed by atoms with Crippen LogP contribution in [-0.4, -0.2) is 25.9 Å². The maximum absolute atomic E-state index is 13.4. The van der Waals surface area contributed by atoms with E-state index in [2.05, 4.69) is 16.5 Å². The van der Waals surface area contributed by atoms with Gasteiger partial charge in [-0.25, -0.2) is 18.2 Å². The van der Waals surface area contributed by atoms with Crippen LogP contribution in [0.4, 0.5) is 13.2 Å². The highest BCUT2D eigenvalue weighted by Crippen LogP contribution is 2.26. The Hall–Kier alpha value is -1.60. The van der Waals surface area contributed by atoms with Crippen molar-refractivity contribution >= 4 is 22.4 Å². The van der Waals surface area contributed by atoms with Crippen LogP contribution < -0.4 is 0 Å². The molecule has 1 heterocycles. The van der Waals surface area contributed by atoms with Crippen LogP contribution in [0.1, 0.15) is 30.2 Å². The standard InChI is InChI=1S/C17H18ClF3N2OS/c1-3-17(20,21)10-25(24)15-8-12(5-7-14(15)18)4-6-13-9-22-16(23-13)11(2)19/h3,5,7-9,11H,1,4,6,10H2,2H3,(H,22,23). The quantitative estimate of drug-likeness (QED) is 0.657. The smallest absolute Gasteiger partial charge is 0.277 e. The predicted molar refractivity (Wildman–Crippen MR) is 93.4 cm³/mol. The van der Waals surface area contributed by atoms with Crippen molar-refractivity contribution in [3.05, 3.63) is 59.2 Å². The summed E-state index contributed by atoms with van der Waals surface area (Å²) >= 11 is 6.00. The number of aromatic nitrogens is 2. The van der Waals surface area contributed by atoms with Gasteiger partial charge in [0.05, 0.1) is 26.5 Å². The fourth-order valence-corrected chi connectivity index (χ4v) is 3.74. The van der Waals surface area contributed by atoms with E-state index in [9.17, 15) is 17.4 Å². The van der Waals surface area contributed by atoms with Gasteiger partial charge >= 0.3 is 0 Å². The summed E-state index contributed by atoms with van der Waals surface area (Å²) in [6.45, 7) is 4.43. The minimum Gasteiger partial charge on any atom is -0.343 e. The summed E-state index contributed by atoms with van der Waals surface area (Å²) in [6.07, 6.45) is 1.96. The monoisotopic (exact) mass is 390 g/mol. The molecule has 25 heavy (non-hydrogen) atoms. The van der Waals surface area contributed by atoms with Crippen LogP contribution >= 0.6 is 11.6 Å². The van der Waals surface area contributed by atoms with E-state index in [1.54, 1.807) is 18.3 Å². The molecular weight excluding hydrogens is 373 g/mol. The molecule has 0 aliphatic carbocycles. The third-order valence-corrected chi connectivity index (χ3v) is 5.49. The van der Waals surface area contributed by atoms with Crippen molar-refractivity contribution in [2.24, 2.45) is 0 Å².